The highest BCUT2D eigenvalue weighted by Crippen LogP contribution is 2.43. The molecule has 3 aromatic rings. The number of rotatable bonds is 5. The van der Waals surface area contributed by atoms with E-state index in [0.717, 1.165) is 33.2 Å². The third-order valence-corrected chi connectivity index (χ3v) is 5.24. The molecule has 7 heteroatoms. The predicted molar refractivity (Wildman–Crippen MR) is 106 cm³/mol. The van der Waals surface area contributed by atoms with Crippen LogP contribution in [0.25, 0.3) is 10.2 Å². The van der Waals surface area contributed by atoms with Crippen molar-refractivity contribution >= 4 is 44.0 Å². The minimum Gasteiger partial charge on any atom is -0.492 e. The lowest BCUT2D eigenvalue weighted by Gasteiger charge is -2.10. The number of thiocarbonyl (C=S) groups is 1. The molecule has 0 radical (unpaired) electrons. The Balaban J connectivity index is 1.38. The molecule has 2 aromatic heterocycles. The summed E-state index contributed by atoms with van der Waals surface area (Å²) in [6.45, 7) is 2.62. The van der Waals surface area contributed by atoms with Crippen LogP contribution in [0.4, 0.5) is 5.13 Å². The Labute approximate surface area is 155 Å². The zero-order chi connectivity index (χ0) is 17.2. The van der Waals surface area contributed by atoms with Gasteiger partial charge < -0.3 is 15.4 Å². The topological polar surface area (TPSA) is 59.1 Å². The molecule has 2 N–H and O–H groups in total. The van der Waals surface area contributed by atoms with E-state index in [-0.39, 0.29) is 6.04 Å². The number of ether oxygens (including phenoxy) is 1. The predicted octanol–water partition coefficient (Wildman–Crippen LogP) is 3.93. The molecule has 1 aromatic carbocycles. The summed E-state index contributed by atoms with van der Waals surface area (Å²) < 4.78 is 6.82. The number of anilines is 1. The molecule has 0 aliphatic heterocycles. The first kappa shape index (κ1) is 16.2. The second-order valence-electron chi connectivity index (χ2n) is 5.85. The molecule has 1 saturated carbocycles. The first-order valence-corrected chi connectivity index (χ1v) is 9.48. The third-order valence-electron chi connectivity index (χ3n) is 4.07. The summed E-state index contributed by atoms with van der Waals surface area (Å²) in [7, 11) is 0. The van der Waals surface area contributed by atoms with Gasteiger partial charge in [-0.2, -0.15) is 0 Å². The Morgan fingerprint density at radius 1 is 1.32 bits per heavy atom. The van der Waals surface area contributed by atoms with E-state index >= 15 is 0 Å². The fraction of sp³-hybridized carbons (Fsp3) is 0.278. The van der Waals surface area contributed by atoms with Crippen LogP contribution in [0.1, 0.15) is 25.0 Å². The molecular weight excluding hydrogens is 352 g/mol. The van der Waals surface area contributed by atoms with Crippen molar-refractivity contribution in [3.8, 4) is 5.75 Å². The summed E-state index contributed by atoms with van der Waals surface area (Å²) in [5.41, 5.74) is 1.99. The third kappa shape index (κ3) is 3.57. The maximum absolute atomic E-state index is 5.67. The quantitative estimate of drug-likeness (QED) is 0.664. The second kappa shape index (κ2) is 6.93. The fourth-order valence-corrected chi connectivity index (χ4v) is 4.03. The molecule has 0 saturated heterocycles. The van der Waals surface area contributed by atoms with Crippen LogP contribution in [0.3, 0.4) is 0 Å². The molecule has 128 valence electrons. The van der Waals surface area contributed by atoms with Crippen molar-refractivity contribution in [2.24, 2.45) is 0 Å². The van der Waals surface area contributed by atoms with Gasteiger partial charge in [0.2, 0.25) is 0 Å². The van der Waals surface area contributed by atoms with E-state index in [2.05, 4.69) is 26.7 Å². The summed E-state index contributed by atoms with van der Waals surface area (Å²) in [6, 6.07) is 12.2. The molecule has 2 atom stereocenters. The molecule has 0 amide bonds. The van der Waals surface area contributed by atoms with Gasteiger partial charge in [0.25, 0.3) is 0 Å². The SMILES string of the molecule is CCOc1cccnc1C1CC1NC(=S)Nc1nc2ccccc2s1. The van der Waals surface area contributed by atoms with Crippen molar-refractivity contribution in [2.45, 2.75) is 25.3 Å². The first-order valence-electron chi connectivity index (χ1n) is 8.25. The zero-order valence-corrected chi connectivity index (χ0v) is 15.4. The number of nitrogens with zero attached hydrogens (tertiary/aromatic N) is 2. The number of fused-ring (bicyclic) bond motifs is 1. The standard InChI is InChI=1S/C18H18N4OS2/c1-2-23-14-7-5-9-19-16(14)11-10-13(11)20-17(24)22-18-21-12-6-3-4-8-15(12)25-18/h3-9,11,13H,2,10H2,1H3,(H2,20,21,22,24). The van der Waals surface area contributed by atoms with E-state index in [9.17, 15) is 0 Å². The number of thiazole rings is 1. The molecule has 2 heterocycles. The highest BCUT2D eigenvalue weighted by molar-refractivity contribution is 7.80. The molecule has 4 rings (SSSR count). The van der Waals surface area contributed by atoms with E-state index in [1.165, 1.54) is 0 Å². The van der Waals surface area contributed by atoms with E-state index in [0.29, 0.717) is 17.6 Å². The number of benzene rings is 1. The van der Waals surface area contributed by atoms with E-state index in [1.54, 1.807) is 11.3 Å². The maximum atomic E-state index is 5.67. The van der Waals surface area contributed by atoms with Crippen LogP contribution in [-0.2, 0) is 0 Å². The van der Waals surface area contributed by atoms with E-state index < -0.39 is 0 Å². The number of para-hydroxylation sites is 1. The summed E-state index contributed by atoms with van der Waals surface area (Å²) in [6.07, 6.45) is 2.81. The summed E-state index contributed by atoms with van der Waals surface area (Å²) in [5, 5.41) is 7.95. The summed E-state index contributed by atoms with van der Waals surface area (Å²) in [5.74, 6) is 1.20. The Morgan fingerprint density at radius 2 is 2.20 bits per heavy atom. The number of hydrogen-bond acceptors (Lipinski definition) is 5. The largest absolute Gasteiger partial charge is 0.492 e. The molecular formula is C18H18N4OS2. The van der Waals surface area contributed by atoms with E-state index in [1.807, 2.05) is 43.5 Å². The van der Waals surface area contributed by atoms with Crippen molar-refractivity contribution in [3.63, 3.8) is 0 Å². The highest BCUT2D eigenvalue weighted by Gasteiger charge is 2.41. The number of aromatic nitrogens is 2. The average Bonchev–Trinajstić information content (AvgIpc) is 3.23. The first-order chi connectivity index (χ1) is 12.2. The van der Waals surface area contributed by atoms with Gasteiger partial charge in [-0.1, -0.05) is 23.5 Å². The van der Waals surface area contributed by atoms with Gasteiger partial charge in [0.15, 0.2) is 10.2 Å². The number of pyridine rings is 1. The Morgan fingerprint density at radius 3 is 3.04 bits per heavy atom. The normalized spacial score (nSPS) is 18.8. The fourth-order valence-electron chi connectivity index (χ4n) is 2.84. The molecule has 25 heavy (non-hydrogen) atoms. The van der Waals surface area contributed by atoms with Crippen LogP contribution in [-0.4, -0.2) is 27.7 Å². The molecule has 0 spiro atoms. The molecule has 1 aliphatic carbocycles. The van der Waals surface area contributed by atoms with Crippen molar-refractivity contribution < 1.29 is 4.74 Å². The minimum absolute atomic E-state index is 0.281. The second-order valence-corrected chi connectivity index (χ2v) is 7.29. The lowest BCUT2D eigenvalue weighted by molar-refractivity contribution is 0.334. The smallest absolute Gasteiger partial charge is 0.190 e. The van der Waals surface area contributed by atoms with Crippen LogP contribution in [0.15, 0.2) is 42.6 Å². The molecule has 2 unspecified atom stereocenters. The lowest BCUT2D eigenvalue weighted by Crippen LogP contribution is -2.31. The van der Waals surface area contributed by atoms with Crippen molar-refractivity contribution in [1.29, 1.82) is 0 Å². The van der Waals surface area contributed by atoms with Gasteiger partial charge in [-0.15, -0.1) is 0 Å². The average molecular weight is 371 g/mol. The van der Waals surface area contributed by atoms with Gasteiger partial charge in [-0.05, 0) is 49.8 Å². The Bertz CT molecular complexity index is 878. The van der Waals surface area contributed by atoms with Crippen LogP contribution in [0, 0.1) is 0 Å². The Hall–Kier alpha value is -2.25. The molecule has 0 bridgehead atoms. The molecule has 1 fully saturated rings. The van der Waals surface area contributed by atoms with Gasteiger partial charge in [-0.3, -0.25) is 4.98 Å². The van der Waals surface area contributed by atoms with Gasteiger partial charge >= 0.3 is 0 Å². The van der Waals surface area contributed by atoms with Crippen molar-refractivity contribution in [3.05, 3.63) is 48.3 Å². The minimum atomic E-state index is 0.281. The lowest BCUT2D eigenvalue weighted by atomic mass is 10.2. The summed E-state index contributed by atoms with van der Waals surface area (Å²) >= 11 is 7.03. The van der Waals surface area contributed by atoms with Gasteiger partial charge in [0.1, 0.15) is 5.75 Å². The van der Waals surface area contributed by atoms with Crippen molar-refractivity contribution in [2.75, 3.05) is 11.9 Å². The number of hydrogen-bond donors (Lipinski definition) is 2. The molecule has 1 aliphatic rings. The highest BCUT2D eigenvalue weighted by atomic mass is 32.1. The monoisotopic (exact) mass is 370 g/mol. The van der Waals surface area contributed by atoms with E-state index in [4.69, 9.17) is 17.0 Å². The maximum Gasteiger partial charge on any atom is 0.190 e. The van der Waals surface area contributed by atoms with Gasteiger partial charge in [0.05, 0.1) is 22.5 Å². The number of nitrogens with one attached hydrogen (secondary N) is 2. The molecule has 5 nitrogen and oxygen atoms in total. The Kier molecular flexibility index (Phi) is 4.50. The van der Waals surface area contributed by atoms with Crippen LogP contribution in [0.5, 0.6) is 5.75 Å². The van der Waals surface area contributed by atoms with Crippen LogP contribution >= 0.6 is 23.6 Å². The van der Waals surface area contributed by atoms with Crippen LogP contribution < -0.4 is 15.4 Å². The zero-order valence-electron chi connectivity index (χ0n) is 13.7. The van der Waals surface area contributed by atoms with Crippen LogP contribution in [0.2, 0.25) is 0 Å². The summed E-state index contributed by atoms with van der Waals surface area (Å²) in [4.78, 5) is 9.03. The van der Waals surface area contributed by atoms with Gasteiger partial charge in [0, 0.05) is 18.2 Å². The van der Waals surface area contributed by atoms with Crippen molar-refractivity contribution in [1.82, 2.24) is 15.3 Å². The van der Waals surface area contributed by atoms with Gasteiger partial charge in [-0.25, -0.2) is 4.98 Å².